The summed E-state index contributed by atoms with van der Waals surface area (Å²) in [5.74, 6) is -0.0227. The van der Waals surface area contributed by atoms with Crippen molar-refractivity contribution in [2.45, 2.75) is 0 Å². The molecule has 10 heteroatoms. The highest BCUT2D eigenvalue weighted by atomic mass is 16.7. The van der Waals surface area contributed by atoms with E-state index in [0.29, 0.717) is 28.2 Å². The summed E-state index contributed by atoms with van der Waals surface area (Å²) in [5.41, 5.74) is 3.77. The smallest absolute Gasteiger partial charge is 0.287 e. The maximum absolute atomic E-state index is 12.8. The number of hydrogen-bond acceptors (Lipinski definition) is 7. The number of nitrogens with one attached hydrogen (secondary N) is 2. The molecule has 3 aromatic carbocycles. The number of carbonyl (C=O) groups is 2. The van der Waals surface area contributed by atoms with Crippen LogP contribution in [0.3, 0.4) is 0 Å². The first kappa shape index (κ1) is 22.2. The maximum atomic E-state index is 12.8. The second kappa shape index (κ2) is 10.1. The van der Waals surface area contributed by atoms with E-state index >= 15 is 0 Å². The summed E-state index contributed by atoms with van der Waals surface area (Å²) < 4.78 is 10.7. The number of hydrazone groups is 1. The van der Waals surface area contributed by atoms with Crippen LogP contribution in [0.2, 0.25) is 0 Å². The molecule has 0 aliphatic carbocycles. The zero-order valence-electron chi connectivity index (χ0n) is 17.6. The Morgan fingerprint density at radius 2 is 1.65 bits per heavy atom. The lowest BCUT2D eigenvalue weighted by Gasteiger charge is -2.09. The van der Waals surface area contributed by atoms with Crippen molar-refractivity contribution in [3.63, 3.8) is 0 Å². The van der Waals surface area contributed by atoms with E-state index in [1.54, 1.807) is 48.5 Å². The fourth-order valence-corrected chi connectivity index (χ4v) is 3.02. The van der Waals surface area contributed by atoms with Crippen molar-refractivity contribution < 1.29 is 24.0 Å². The van der Waals surface area contributed by atoms with E-state index < -0.39 is 16.7 Å². The zero-order chi connectivity index (χ0) is 23.9. The quantitative estimate of drug-likeness (QED) is 0.242. The molecule has 0 fully saturated rings. The molecule has 1 aliphatic rings. The predicted molar refractivity (Wildman–Crippen MR) is 123 cm³/mol. The molecule has 170 valence electrons. The molecule has 0 radical (unpaired) electrons. The van der Waals surface area contributed by atoms with Crippen molar-refractivity contribution in [2.24, 2.45) is 5.10 Å². The Morgan fingerprint density at radius 1 is 0.941 bits per heavy atom. The molecule has 4 rings (SSSR count). The Kier molecular flexibility index (Phi) is 6.59. The third kappa shape index (κ3) is 5.43. The third-order valence-electron chi connectivity index (χ3n) is 4.72. The lowest BCUT2D eigenvalue weighted by Crippen LogP contribution is -2.32. The van der Waals surface area contributed by atoms with Crippen LogP contribution in [0.1, 0.15) is 21.5 Å². The molecular weight excluding hydrogens is 440 g/mol. The SMILES string of the molecule is O=C(NN=Cc1ccc([N+](=O)[O-])cc1)C(=Cc1ccc2c(c1)OCO2)NC(=O)c1ccccc1. The van der Waals surface area contributed by atoms with Gasteiger partial charge >= 0.3 is 0 Å². The van der Waals surface area contributed by atoms with Crippen LogP contribution in [0.25, 0.3) is 6.08 Å². The van der Waals surface area contributed by atoms with Gasteiger partial charge < -0.3 is 14.8 Å². The van der Waals surface area contributed by atoms with E-state index in [0.717, 1.165) is 0 Å². The molecule has 0 spiro atoms. The topological polar surface area (TPSA) is 132 Å². The molecule has 1 aliphatic heterocycles. The van der Waals surface area contributed by atoms with Gasteiger partial charge in [-0.25, -0.2) is 5.43 Å². The summed E-state index contributed by atoms with van der Waals surface area (Å²) in [7, 11) is 0. The number of amides is 2. The van der Waals surface area contributed by atoms with Crippen molar-refractivity contribution in [1.82, 2.24) is 10.7 Å². The van der Waals surface area contributed by atoms with Gasteiger partial charge in [0.2, 0.25) is 6.79 Å². The highest BCUT2D eigenvalue weighted by Crippen LogP contribution is 2.33. The molecular formula is C24H18N4O6. The first-order valence-electron chi connectivity index (χ1n) is 10.1. The number of ether oxygens (including phenoxy) is 2. The Bertz CT molecular complexity index is 1290. The minimum absolute atomic E-state index is 0.0476. The second-order valence-electron chi connectivity index (χ2n) is 7.04. The van der Waals surface area contributed by atoms with E-state index in [2.05, 4.69) is 15.8 Å². The van der Waals surface area contributed by atoms with Crippen LogP contribution >= 0.6 is 0 Å². The zero-order valence-corrected chi connectivity index (χ0v) is 17.6. The van der Waals surface area contributed by atoms with Crippen molar-refractivity contribution in [1.29, 1.82) is 0 Å². The van der Waals surface area contributed by atoms with Gasteiger partial charge in [0.15, 0.2) is 11.5 Å². The first-order valence-corrected chi connectivity index (χ1v) is 10.1. The van der Waals surface area contributed by atoms with Crippen LogP contribution in [-0.4, -0.2) is 29.7 Å². The number of nitro benzene ring substituents is 1. The minimum Gasteiger partial charge on any atom is -0.454 e. The fourth-order valence-electron chi connectivity index (χ4n) is 3.02. The molecule has 0 saturated heterocycles. The fraction of sp³-hybridized carbons (Fsp3) is 0.0417. The van der Waals surface area contributed by atoms with E-state index in [1.807, 2.05) is 0 Å². The normalized spacial score (nSPS) is 12.4. The van der Waals surface area contributed by atoms with Crippen molar-refractivity contribution >= 4 is 29.8 Å². The van der Waals surface area contributed by atoms with Gasteiger partial charge in [-0.15, -0.1) is 0 Å². The van der Waals surface area contributed by atoms with Crippen molar-refractivity contribution in [2.75, 3.05) is 6.79 Å². The van der Waals surface area contributed by atoms with E-state index in [9.17, 15) is 19.7 Å². The average Bonchev–Trinajstić information content (AvgIpc) is 3.32. The lowest BCUT2D eigenvalue weighted by atomic mass is 10.1. The number of nitro groups is 1. The van der Waals surface area contributed by atoms with Gasteiger partial charge in [0.1, 0.15) is 5.70 Å². The molecule has 0 atom stereocenters. The molecule has 0 unspecified atom stereocenters. The van der Waals surface area contributed by atoms with E-state index in [-0.39, 0.29) is 18.2 Å². The van der Waals surface area contributed by atoms with Gasteiger partial charge in [-0.1, -0.05) is 24.3 Å². The van der Waals surface area contributed by atoms with Gasteiger partial charge in [-0.05, 0) is 53.6 Å². The number of rotatable bonds is 7. The van der Waals surface area contributed by atoms with Crippen LogP contribution in [0, 0.1) is 10.1 Å². The van der Waals surface area contributed by atoms with Crippen LogP contribution in [-0.2, 0) is 4.79 Å². The van der Waals surface area contributed by atoms with Crippen LogP contribution < -0.4 is 20.2 Å². The highest BCUT2D eigenvalue weighted by molar-refractivity contribution is 6.05. The Morgan fingerprint density at radius 3 is 2.38 bits per heavy atom. The molecule has 0 saturated carbocycles. The molecule has 2 N–H and O–H groups in total. The summed E-state index contributed by atoms with van der Waals surface area (Å²) in [6.45, 7) is 0.109. The van der Waals surface area contributed by atoms with E-state index in [1.165, 1.54) is 36.6 Å². The molecule has 3 aromatic rings. The van der Waals surface area contributed by atoms with Crippen LogP contribution in [0.5, 0.6) is 11.5 Å². The number of benzene rings is 3. The summed E-state index contributed by atoms with van der Waals surface area (Å²) >= 11 is 0. The lowest BCUT2D eigenvalue weighted by molar-refractivity contribution is -0.384. The Balaban J connectivity index is 1.53. The van der Waals surface area contributed by atoms with Gasteiger partial charge in [-0.2, -0.15) is 5.10 Å². The standard InChI is InChI=1S/C24H18N4O6/c29-23(18-4-2-1-3-5-18)26-20(12-17-8-11-21-22(13-17)34-15-33-21)24(30)27-25-14-16-6-9-19(10-7-16)28(31)32/h1-14H,15H2,(H,26,29)(H,27,30). The minimum atomic E-state index is -0.667. The average molecular weight is 458 g/mol. The molecule has 0 bridgehead atoms. The Hall–Kier alpha value is -4.99. The number of hydrogen-bond donors (Lipinski definition) is 2. The number of non-ortho nitro benzene ring substituents is 1. The van der Waals surface area contributed by atoms with Crippen molar-refractivity contribution in [3.05, 3.63) is 105 Å². The molecule has 34 heavy (non-hydrogen) atoms. The van der Waals surface area contributed by atoms with Gasteiger partial charge in [0.05, 0.1) is 11.1 Å². The predicted octanol–water partition coefficient (Wildman–Crippen LogP) is 3.24. The molecule has 1 heterocycles. The maximum Gasteiger partial charge on any atom is 0.287 e. The Labute approximate surface area is 193 Å². The third-order valence-corrected chi connectivity index (χ3v) is 4.72. The van der Waals surface area contributed by atoms with Gasteiger partial charge in [0, 0.05) is 17.7 Å². The molecule has 0 aromatic heterocycles. The summed E-state index contributed by atoms with van der Waals surface area (Å²) in [4.78, 5) is 35.7. The van der Waals surface area contributed by atoms with Crippen molar-refractivity contribution in [3.8, 4) is 11.5 Å². The first-order chi connectivity index (χ1) is 16.5. The largest absolute Gasteiger partial charge is 0.454 e. The monoisotopic (exact) mass is 458 g/mol. The summed E-state index contributed by atoms with van der Waals surface area (Å²) in [6, 6.07) is 19.2. The number of nitrogens with zero attached hydrogens (tertiary/aromatic N) is 2. The van der Waals surface area contributed by atoms with Crippen LogP contribution in [0.4, 0.5) is 5.69 Å². The van der Waals surface area contributed by atoms with Crippen LogP contribution in [0.15, 0.2) is 83.6 Å². The number of fused-ring (bicyclic) bond motifs is 1. The molecule has 10 nitrogen and oxygen atoms in total. The van der Waals surface area contributed by atoms with Gasteiger partial charge in [0.25, 0.3) is 17.5 Å². The highest BCUT2D eigenvalue weighted by Gasteiger charge is 2.17. The summed E-state index contributed by atoms with van der Waals surface area (Å²) in [6.07, 6.45) is 2.82. The van der Waals surface area contributed by atoms with E-state index in [4.69, 9.17) is 9.47 Å². The van der Waals surface area contributed by atoms with Gasteiger partial charge in [-0.3, -0.25) is 19.7 Å². The summed E-state index contributed by atoms with van der Waals surface area (Å²) in [5, 5.41) is 17.2. The molecule has 2 amide bonds. The second-order valence-corrected chi connectivity index (χ2v) is 7.04. The number of carbonyl (C=O) groups excluding carboxylic acids is 2.